The van der Waals surface area contributed by atoms with Crippen LogP contribution >= 0.6 is 0 Å². The molecule has 1 aliphatic carbocycles. The Labute approximate surface area is 150 Å². The summed E-state index contributed by atoms with van der Waals surface area (Å²) in [4.78, 5) is 12.3. The fraction of sp³-hybridized carbons (Fsp3) is 0.550. The Balaban J connectivity index is 2.05. The molecule has 138 valence electrons. The molecule has 0 heterocycles. The number of hydrogen-bond acceptors (Lipinski definition) is 4. The minimum Gasteiger partial charge on any atom is -0.496 e. The van der Waals surface area contributed by atoms with Gasteiger partial charge in [0.25, 0.3) is 0 Å². The van der Waals surface area contributed by atoms with E-state index in [-0.39, 0.29) is 11.9 Å². The molecule has 1 N–H and O–H groups in total. The third-order valence-electron chi connectivity index (χ3n) is 4.60. The molecule has 1 aliphatic rings. The molecule has 1 aromatic rings. The van der Waals surface area contributed by atoms with Crippen LogP contribution in [0.1, 0.15) is 50.5 Å². The second-order valence-corrected chi connectivity index (χ2v) is 6.33. The lowest BCUT2D eigenvalue weighted by Gasteiger charge is -2.20. The maximum absolute atomic E-state index is 12.3. The van der Waals surface area contributed by atoms with Crippen LogP contribution < -0.4 is 19.5 Å². The molecule has 25 heavy (non-hydrogen) atoms. The Bertz CT molecular complexity index is 590. The van der Waals surface area contributed by atoms with Crippen molar-refractivity contribution in [2.24, 2.45) is 0 Å². The van der Waals surface area contributed by atoms with E-state index in [1.165, 1.54) is 32.1 Å². The van der Waals surface area contributed by atoms with E-state index in [0.29, 0.717) is 17.2 Å². The van der Waals surface area contributed by atoms with Crippen molar-refractivity contribution in [2.45, 2.75) is 51.0 Å². The monoisotopic (exact) mass is 347 g/mol. The van der Waals surface area contributed by atoms with Gasteiger partial charge in [0.1, 0.15) is 5.75 Å². The Morgan fingerprint density at radius 1 is 0.920 bits per heavy atom. The fourth-order valence-corrected chi connectivity index (χ4v) is 3.20. The Morgan fingerprint density at radius 2 is 1.48 bits per heavy atom. The van der Waals surface area contributed by atoms with Gasteiger partial charge >= 0.3 is 0 Å². The first-order valence-electron chi connectivity index (χ1n) is 8.96. The van der Waals surface area contributed by atoms with Crippen molar-refractivity contribution in [3.05, 3.63) is 23.8 Å². The lowest BCUT2D eigenvalue weighted by atomic mass is 9.97. The maximum atomic E-state index is 12.3. The van der Waals surface area contributed by atoms with E-state index in [0.717, 1.165) is 18.4 Å². The highest BCUT2D eigenvalue weighted by Gasteiger charge is 2.13. The molecule has 1 aromatic carbocycles. The van der Waals surface area contributed by atoms with Crippen LogP contribution in [0.3, 0.4) is 0 Å². The average molecular weight is 347 g/mol. The van der Waals surface area contributed by atoms with E-state index in [1.807, 2.05) is 0 Å². The van der Waals surface area contributed by atoms with Gasteiger partial charge in [0.05, 0.1) is 21.3 Å². The number of carbonyl (C=O) groups is 1. The summed E-state index contributed by atoms with van der Waals surface area (Å²) < 4.78 is 16.0. The van der Waals surface area contributed by atoms with Crippen molar-refractivity contribution in [1.82, 2.24) is 5.32 Å². The predicted octanol–water partition coefficient (Wildman–Crippen LogP) is 3.95. The molecule has 0 radical (unpaired) electrons. The third kappa shape index (κ3) is 5.69. The predicted molar refractivity (Wildman–Crippen MR) is 99.4 cm³/mol. The molecule has 1 amide bonds. The zero-order valence-electron chi connectivity index (χ0n) is 15.5. The average Bonchev–Trinajstić information content (AvgIpc) is 2.61. The van der Waals surface area contributed by atoms with Crippen molar-refractivity contribution in [3.8, 4) is 17.2 Å². The Hall–Kier alpha value is -2.17. The largest absolute Gasteiger partial charge is 0.496 e. The number of rotatable bonds is 6. The van der Waals surface area contributed by atoms with E-state index >= 15 is 0 Å². The third-order valence-corrected chi connectivity index (χ3v) is 4.60. The molecule has 1 fully saturated rings. The molecule has 0 aromatic heterocycles. The van der Waals surface area contributed by atoms with Crippen molar-refractivity contribution >= 4 is 12.0 Å². The van der Waals surface area contributed by atoms with E-state index in [2.05, 4.69) is 5.32 Å². The molecule has 0 atom stereocenters. The van der Waals surface area contributed by atoms with Crippen LogP contribution in [0.25, 0.3) is 6.08 Å². The summed E-state index contributed by atoms with van der Waals surface area (Å²) in [6.45, 7) is 0. The number of carbonyl (C=O) groups excluding carboxylic acids is 1. The lowest BCUT2D eigenvalue weighted by Crippen LogP contribution is -2.34. The quantitative estimate of drug-likeness (QED) is 0.792. The highest BCUT2D eigenvalue weighted by molar-refractivity contribution is 5.92. The standard InChI is InChI=1S/C20H29NO4/c1-23-17-14-19(25-3)18(24-2)13-15(17)11-12-20(22)21-16-9-7-5-4-6-8-10-16/h11-14,16H,4-10H2,1-3H3,(H,21,22)/b12-11+. The molecule has 5 heteroatoms. The summed E-state index contributed by atoms with van der Waals surface area (Å²) in [7, 11) is 4.75. The molecule has 5 nitrogen and oxygen atoms in total. The molecule has 2 rings (SSSR count). The summed E-state index contributed by atoms with van der Waals surface area (Å²) in [6, 6.07) is 3.84. The van der Waals surface area contributed by atoms with Crippen molar-refractivity contribution < 1.29 is 19.0 Å². The second kappa shape index (κ2) is 9.97. The van der Waals surface area contributed by atoms with Gasteiger partial charge in [-0.1, -0.05) is 32.1 Å². The van der Waals surface area contributed by atoms with Crippen LogP contribution in [0.2, 0.25) is 0 Å². The second-order valence-electron chi connectivity index (χ2n) is 6.33. The summed E-state index contributed by atoms with van der Waals surface area (Å²) in [6.07, 6.45) is 11.7. The molecule has 0 aliphatic heterocycles. The molecular formula is C20H29NO4. The first-order valence-corrected chi connectivity index (χ1v) is 8.96. The molecule has 0 unspecified atom stereocenters. The van der Waals surface area contributed by atoms with Gasteiger partial charge in [-0.2, -0.15) is 0 Å². The Kier molecular flexibility index (Phi) is 7.64. The SMILES string of the molecule is COc1cc(OC)c(OC)cc1/C=C/C(=O)NC1CCCCCCC1. The number of amides is 1. The fourth-order valence-electron chi connectivity index (χ4n) is 3.20. The topological polar surface area (TPSA) is 56.8 Å². The van der Waals surface area contributed by atoms with Gasteiger partial charge in [0.15, 0.2) is 11.5 Å². The maximum Gasteiger partial charge on any atom is 0.244 e. The smallest absolute Gasteiger partial charge is 0.244 e. The molecule has 0 spiro atoms. The summed E-state index contributed by atoms with van der Waals surface area (Å²) in [5.41, 5.74) is 0.771. The Morgan fingerprint density at radius 3 is 2.08 bits per heavy atom. The molecule has 0 bridgehead atoms. The number of nitrogens with one attached hydrogen (secondary N) is 1. The van der Waals surface area contributed by atoms with Crippen molar-refractivity contribution in [1.29, 1.82) is 0 Å². The van der Waals surface area contributed by atoms with Gasteiger partial charge in [-0.25, -0.2) is 0 Å². The highest BCUT2D eigenvalue weighted by atomic mass is 16.5. The summed E-state index contributed by atoms with van der Waals surface area (Å²) >= 11 is 0. The molecular weight excluding hydrogens is 318 g/mol. The number of methoxy groups -OCH3 is 3. The zero-order valence-corrected chi connectivity index (χ0v) is 15.5. The van der Waals surface area contributed by atoms with Gasteiger partial charge in [-0.15, -0.1) is 0 Å². The van der Waals surface area contributed by atoms with Crippen LogP contribution in [0.4, 0.5) is 0 Å². The minimum atomic E-state index is -0.0672. The van der Waals surface area contributed by atoms with Crippen molar-refractivity contribution in [2.75, 3.05) is 21.3 Å². The van der Waals surface area contributed by atoms with Crippen LogP contribution in [0.5, 0.6) is 17.2 Å². The van der Waals surface area contributed by atoms with Crippen LogP contribution in [0.15, 0.2) is 18.2 Å². The van der Waals surface area contributed by atoms with Gasteiger partial charge < -0.3 is 19.5 Å². The highest BCUT2D eigenvalue weighted by Crippen LogP contribution is 2.35. The van der Waals surface area contributed by atoms with Crippen LogP contribution in [-0.2, 0) is 4.79 Å². The normalized spacial score (nSPS) is 16.1. The van der Waals surface area contributed by atoms with Gasteiger partial charge in [0, 0.05) is 23.7 Å². The lowest BCUT2D eigenvalue weighted by molar-refractivity contribution is -0.117. The first-order chi connectivity index (χ1) is 12.2. The van der Waals surface area contributed by atoms with Gasteiger partial charge in [0.2, 0.25) is 5.91 Å². The summed E-state index contributed by atoms with van der Waals surface area (Å²) in [5, 5.41) is 3.12. The first kappa shape index (κ1) is 19.2. The van der Waals surface area contributed by atoms with E-state index in [9.17, 15) is 4.79 Å². The summed E-state index contributed by atoms with van der Waals surface area (Å²) in [5.74, 6) is 1.76. The van der Waals surface area contributed by atoms with Crippen LogP contribution in [-0.4, -0.2) is 33.3 Å². The molecule has 1 saturated carbocycles. The number of benzene rings is 1. The van der Waals surface area contributed by atoms with Gasteiger partial charge in [-0.3, -0.25) is 4.79 Å². The number of ether oxygens (including phenoxy) is 3. The van der Waals surface area contributed by atoms with Crippen molar-refractivity contribution in [3.63, 3.8) is 0 Å². The van der Waals surface area contributed by atoms with Crippen LogP contribution in [0, 0.1) is 0 Å². The molecule has 0 saturated heterocycles. The van der Waals surface area contributed by atoms with E-state index < -0.39 is 0 Å². The minimum absolute atomic E-state index is 0.0672. The van der Waals surface area contributed by atoms with E-state index in [4.69, 9.17) is 14.2 Å². The number of hydrogen-bond donors (Lipinski definition) is 1. The van der Waals surface area contributed by atoms with E-state index in [1.54, 1.807) is 45.6 Å². The zero-order chi connectivity index (χ0) is 18.1. The van der Waals surface area contributed by atoms with Gasteiger partial charge in [-0.05, 0) is 25.0 Å².